The molecule has 0 bridgehead atoms. The molecule has 0 saturated heterocycles. The van der Waals surface area contributed by atoms with E-state index in [2.05, 4.69) is 111 Å². The summed E-state index contributed by atoms with van der Waals surface area (Å²) in [7, 11) is 1.17. The zero-order valence-corrected chi connectivity index (χ0v) is 54.4. The number of hydrogen-bond donors (Lipinski definition) is 1. The number of carbonyl (C=O) groups excluding carboxylic acids is 2. The van der Waals surface area contributed by atoms with Crippen LogP contribution >= 0.6 is 7.82 Å². The smallest absolute Gasteiger partial charge is 0.306 e. The van der Waals surface area contributed by atoms with Gasteiger partial charge in [0.2, 0.25) is 5.91 Å². The minimum absolute atomic E-state index is 0.0293. The minimum atomic E-state index is -4.71. The molecule has 1 N–H and O–H groups in total. The van der Waals surface area contributed by atoms with Crippen LogP contribution in [0.4, 0.5) is 0 Å². The Labute approximate surface area is 500 Å². The Morgan fingerprint density at radius 3 is 1.21 bits per heavy atom. The van der Waals surface area contributed by atoms with Gasteiger partial charge in [-0.1, -0.05) is 266 Å². The molecule has 3 unspecified atom stereocenters. The zero-order valence-electron chi connectivity index (χ0n) is 53.5. The molecule has 0 radical (unpaired) electrons. The normalized spacial score (nSPS) is 14.2. The van der Waals surface area contributed by atoms with Crippen LogP contribution < -0.4 is 10.2 Å². The van der Waals surface area contributed by atoms with Gasteiger partial charge in [0, 0.05) is 12.8 Å². The third-order valence-electron chi connectivity index (χ3n) is 14.5. The van der Waals surface area contributed by atoms with Gasteiger partial charge in [-0.25, -0.2) is 0 Å². The number of phosphoric ester groups is 1. The molecular formula is C71H127N2O7P. The van der Waals surface area contributed by atoms with E-state index in [1.54, 1.807) is 0 Å². The summed E-state index contributed by atoms with van der Waals surface area (Å²) in [6.07, 6.45) is 80.8. The first-order valence-corrected chi connectivity index (χ1v) is 35.0. The molecule has 10 heteroatoms. The highest BCUT2D eigenvalue weighted by Crippen LogP contribution is 2.38. The molecule has 0 heterocycles. The molecule has 0 aliphatic carbocycles. The first-order valence-electron chi connectivity index (χ1n) is 33.5. The van der Waals surface area contributed by atoms with Crippen molar-refractivity contribution < 1.29 is 37.3 Å². The van der Waals surface area contributed by atoms with Gasteiger partial charge in [0.1, 0.15) is 19.3 Å². The van der Waals surface area contributed by atoms with Gasteiger partial charge in [-0.05, 0) is 109 Å². The maximum atomic E-state index is 13.6. The van der Waals surface area contributed by atoms with E-state index >= 15 is 0 Å². The lowest BCUT2D eigenvalue weighted by atomic mass is 10.0. The van der Waals surface area contributed by atoms with E-state index in [1.165, 1.54) is 135 Å². The third kappa shape index (κ3) is 61.3. The van der Waals surface area contributed by atoms with Crippen molar-refractivity contribution in [1.82, 2.24) is 5.32 Å². The number of unbranched alkanes of at least 4 members (excludes halogenated alkanes) is 30. The number of ether oxygens (including phenoxy) is 1. The molecule has 0 aromatic rings. The van der Waals surface area contributed by atoms with Crippen molar-refractivity contribution >= 4 is 19.7 Å². The van der Waals surface area contributed by atoms with E-state index < -0.39 is 26.6 Å². The summed E-state index contributed by atoms with van der Waals surface area (Å²) in [5.74, 6) is -0.557. The second kappa shape index (κ2) is 60.1. The monoisotopic (exact) mass is 1150 g/mol. The van der Waals surface area contributed by atoms with Crippen LogP contribution in [-0.4, -0.2) is 69.4 Å². The number of rotatable bonds is 60. The molecule has 0 aliphatic rings. The SMILES string of the molecule is CC/C=C\C/C=C\C/C=C\C/C=C\C/C=C\CCCCCCCCCC(=O)NC(COP(=O)([O-])OCC[N+](C)(C)C)C(/C=C\CCCCCCCCCCCCC)OC(=O)CCCCCCCCCCC/C=C\C/C=C\CCCCC. The van der Waals surface area contributed by atoms with E-state index in [-0.39, 0.29) is 24.9 Å². The number of amides is 1. The van der Waals surface area contributed by atoms with E-state index in [1.807, 2.05) is 33.3 Å². The van der Waals surface area contributed by atoms with Crippen LogP contribution in [-0.2, 0) is 27.9 Å². The average Bonchev–Trinajstić information content (AvgIpc) is 3.44. The van der Waals surface area contributed by atoms with E-state index in [4.69, 9.17) is 13.8 Å². The number of nitrogens with zero attached hydrogens (tertiary/aromatic N) is 1. The number of esters is 1. The summed E-state index contributed by atoms with van der Waals surface area (Å²) in [4.78, 5) is 40.1. The van der Waals surface area contributed by atoms with Crippen LogP contribution in [0, 0.1) is 0 Å². The van der Waals surface area contributed by atoms with Crippen LogP contribution in [0.3, 0.4) is 0 Å². The second-order valence-electron chi connectivity index (χ2n) is 23.6. The lowest BCUT2D eigenvalue weighted by molar-refractivity contribution is -0.870. The number of quaternary nitrogens is 1. The van der Waals surface area contributed by atoms with Crippen LogP contribution in [0.2, 0.25) is 0 Å². The summed E-state index contributed by atoms with van der Waals surface area (Å²) in [6, 6.07) is -0.902. The highest BCUT2D eigenvalue weighted by molar-refractivity contribution is 7.45. The van der Waals surface area contributed by atoms with Gasteiger partial charge in [0.05, 0.1) is 33.8 Å². The summed E-state index contributed by atoms with van der Waals surface area (Å²) in [5, 5.41) is 3.03. The first-order chi connectivity index (χ1) is 39.4. The second-order valence-corrected chi connectivity index (χ2v) is 25.0. The Hall–Kier alpha value is -3.07. The Morgan fingerprint density at radius 1 is 0.444 bits per heavy atom. The van der Waals surface area contributed by atoms with Crippen molar-refractivity contribution in [3.8, 4) is 0 Å². The summed E-state index contributed by atoms with van der Waals surface area (Å²) in [6.45, 7) is 6.71. The third-order valence-corrected chi connectivity index (χ3v) is 15.5. The van der Waals surface area contributed by atoms with Gasteiger partial charge in [-0.3, -0.25) is 14.2 Å². The lowest BCUT2D eigenvalue weighted by Gasteiger charge is -2.30. The fourth-order valence-electron chi connectivity index (χ4n) is 9.34. The molecule has 1 amide bonds. The van der Waals surface area contributed by atoms with Crippen LogP contribution in [0.15, 0.2) is 97.2 Å². The Balaban J connectivity index is 5.23. The quantitative estimate of drug-likeness (QED) is 0.0212. The molecule has 0 aromatic carbocycles. The van der Waals surface area contributed by atoms with Crippen molar-refractivity contribution in [2.24, 2.45) is 0 Å². The Kier molecular flexibility index (Phi) is 57.8. The van der Waals surface area contributed by atoms with E-state index in [0.717, 1.165) is 122 Å². The molecule has 468 valence electrons. The lowest BCUT2D eigenvalue weighted by Crippen LogP contribution is -2.47. The fourth-order valence-corrected chi connectivity index (χ4v) is 10.1. The summed E-state index contributed by atoms with van der Waals surface area (Å²) >= 11 is 0. The van der Waals surface area contributed by atoms with Gasteiger partial charge >= 0.3 is 5.97 Å². The number of likely N-dealkylation sites (N-methyl/N-ethyl adjacent to an activating group) is 1. The van der Waals surface area contributed by atoms with Gasteiger partial charge < -0.3 is 28.5 Å². The predicted molar refractivity (Wildman–Crippen MR) is 348 cm³/mol. The maximum Gasteiger partial charge on any atom is 0.306 e. The maximum absolute atomic E-state index is 13.6. The molecule has 0 spiro atoms. The predicted octanol–water partition coefficient (Wildman–Crippen LogP) is 20.5. The van der Waals surface area contributed by atoms with Crippen LogP contribution in [0.1, 0.15) is 290 Å². The largest absolute Gasteiger partial charge is 0.756 e. The Bertz CT molecular complexity index is 1710. The average molecular weight is 1150 g/mol. The number of allylic oxidation sites excluding steroid dienone is 15. The van der Waals surface area contributed by atoms with Gasteiger partial charge in [-0.15, -0.1) is 0 Å². The molecule has 0 saturated carbocycles. The zero-order chi connectivity index (χ0) is 59.3. The minimum Gasteiger partial charge on any atom is -0.756 e. The van der Waals surface area contributed by atoms with E-state index in [0.29, 0.717) is 17.4 Å². The highest BCUT2D eigenvalue weighted by Gasteiger charge is 2.27. The van der Waals surface area contributed by atoms with Crippen molar-refractivity contribution in [1.29, 1.82) is 0 Å². The molecule has 9 nitrogen and oxygen atoms in total. The Morgan fingerprint density at radius 2 is 0.790 bits per heavy atom. The number of phosphoric acid groups is 1. The number of hydrogen-bond acceptors (Lipinski definition) is 7. The van der Waals surface area contributed by atoms with E-state index in [9.17, 15) is 19.0 Å². The first kappa shape index (κ1) is 77.9. The number of carbonyl (C=O) groups is 2. The number of nitrogens with one attached hydrogen (secondary N) is 1. The van der Waals surface area contributed by atoms with Crippen molar-refractivity contribution in [2.45, 2.75) is 303 Å². The molecular weight excluding hydrogens is 1020 g/mol. The summed E-state index contributed by atoms with van der Waals surface area (Å²) < 4.78 is 30.4. The van der Waals surface area contributed by atoms with Gasteiger partial charge in [-0.2, -0.15) is 0 Å². The fraction of sp³-hybridized carbons (Fsp3) is 0.746. The van der Waals surface area contributed by atoms with Gasteiger partial charge in [0.15, 0.2) is 0 Å². The van der Waals surface area contributed by atoms with Crippen molar-refractivity contribution in [2.75, 3.05) is 40.9 Å². The molecule has 0 fully saturated rings. The molecule has 0 aliphatic heterocycles. The molecule has 3 atom stereocenters. The molecule has 0 rings (SSSR count). The van der Waals surface area contributed by atoms with Gasteiger partial charge in [0.25, 0.3) is 7.82 Å². The van der Waals surface area contributed by atoms with Crippen LogP contribution in [0.25, 0.3) is 0 Å². The molecule has 0 aromatic heterocycles. The summed E-state index contributed by atoms with van der Waals surface area (Å²) in [5.41, 5.74) is 0. The highest BCUT2D eigenvalue weighted by atomic mass is 31.2. The topological polar surface area (TPSA) is 114 Å². The van der Waals surface area contributed by atoms with Crippen molar-refractivity contribution in [3.63, 3.8) is 0 Å². The van der Waals surface area contributed by atoms with Crippen molar-refractivity contribution in [3.05, 3.63) is 97.2 Å². The standard InChI is InChI=1S/C71H127N2O7P/c1-7-10-13-16-19-22-25-28-30-32-34-35-36-37-39-40-42-45-48-51-54-57-60-63-70(74)72-68(67-79-81(76,77)78-66-65-73(4,5)6)69(62-59-56-53-50-47-44-27-24-21-18-15-12-9-3)80-71(75)64-61-58-55-52-49-46-43-41-38-33-31-29-26-23-20-17-14-11-8-2/h10,13,19-20,22-23,28-31,34-35,37,39,59,62,68-69H,7-9,11-12,14-18,21,24-27,32-33,36,38,40-58,60-61,63-67H2,1-6H3,(H-,72,74,76,77)/b13-10-,22-19-,23-20-,30-28-,31-29-,35-34-,39-37-,62-59-. The van der Waals surface area contributed by atoms with Crippen LogP contribution in [0.5, 0.6) is 0 Å². The molecule has 81 heavy (non-hydrogen) atoms.